The molecular weight excluding hydrogens is 262 g/mol. The van der Waals surface area contributed by atoms with Crippen LogP contribution < -0.4 is 5.73 Å². The van der Waals surface area contributed by atoms with Crippen LogP contribution in [0.4, 0.5) is 14.6 Å². The van der Waals surface area contributed by atoms with E-state index in [0.29, 0.717) is 0 Å². The summed E-state index contributed by atoms with van der Waals surface area (Å²) in [5.74, 6) is -2.94. The number of carbonyl (C=O) groups is 1. The van der Waals surface area contributed by atoms with E-state index in [9.17, 15) is 13.6 Å². The van der Waals surface area contributed by atoms with Crippen molar-refractivity contribution in [1.82, 2.24) is 4.98 Å². The lowest BCUT2D eigenvalue weighted by molar-refractivity contribution is 0.103. The average Bonchev–Trinajstić information content (AvgIpc) is 2.32. The van der Waals surface area contributed by atoms with Crippen molar-refractivity contribution in [3.8, 4) is 0 Å². The van der Waals surface area contributed by atoms with Gasteiger partial charge in [0.25, 0.3) is 0 Å². The molecule has 0 aliphatic carbocycles. The van der Waals surface area contributed by atoms with Gasteiger partial charge in [0.1, 0.15) is 17.5 Å². The van der Waals surface area contributed by atoms with E-state index in [1.54, 1.807) is 0 Å². The maximum absolute atomic E-state index is 13.5. The third kappa shape index (κ3) is 2.17. The molecule has 18 heavy (non-hydrogen) atoms. The van der Waals surface area contributed by atoms with Gasteiger partial charge in [-0.05, 0) is 18.2 Å². The number of nitrogens with zero attached hydrogens (tertiary/aromatic N) is 1. The molecule has 0 amide bonds. The Morgan fingerprint density at radius 1 is 1.28 bits per heavy atom. The molecule has 1 aromatic carbocycles. The largest absolute Gasteiger partial charge is 0.383 e. The number of anilines is 1. The van der Waals surface area contributed by atoms with Crippen LogP contribution in [0, 0.1) is 11.6 Å². The standard InChI is InChI=1S/C12H7ClF2N2O/c13-6-4-7(12(16)17-5-6)11(18)10-8(14)2-1-3-9(10)15/h1-5H,(H2,16,17). The Kier molecular flexibility index (Phi) is 3.25. The Bertz CT molecular complexity index is 611. The number of hydrogen-bond acceptors (Lipinski definition) is 3. The van der Waals surface area contributed by atoms with Crippen molar-refractivity contribution in [3.63, 3.8) is 0 Å². The quantitative estimate of drug-likeness (QED) is 0.852. The summed E-state index contributed by atoms with van der Waals surface area (Å²) in [7, 11) is 0. The lowest BCUT2D eigenvalue weighted by atomic mass is 10.0. The minimum atomic E-state index is -0.959. The first-order chi connectivity index (χ1) is 8.50. The van der Waals surface area contributed by atoms with Crippen LogP contribution in [-0.2, 0) is 0 Å². The molecule has 1 heterocycles. The second-order valence-electron chi connectivity index (χ2n) is 3.51. The molecule has 0 saturated carbocycles. The maximum atomic E-state index is 13.5. The number of aromatic nitrogens is 1. The molecule has 2 rings (SSSR count). The Morgan fingerprint density at radius 2 is 1.89 bits per heavy atom. The highest BCUT2D eigenvalue weighted by atomic mass is 35.5. The predicted molar refractivity (Wildman–Crippen MR) is 63.4 cm³/mol. The SMILES string of the molecule is Nc1ncc(Cl)cc1C(=O)c1c(F)cccc1F. The number of ketones is 1. The monoisotopic (exact) mass is 268 g/mol. The first-order valence-electron chi connectivity index (χ1n) is 4.90. The Morgan fingerprint density at radius 3 is 2.50 bits per heavy atom. The number of nitrogen functional groups attached to an aromatic ring is 1. The summed E-state index contributed by atoms with van der Waals surface area (Å²) in [5, 5.41) is 0.157. The molecule has 1 aromatic heterocycles. The molecule has 6 heteroatoms. The molecule has 0 bridgehead atoms. The number of carbonyl (C=O) groups excluding carboxylic acids is 1. The van der Waals surface area contributed by atoms with Gasteiger partial charge in [0.15, 0.2) is 0 Å². The van der Waals surface area contributed by atoms with Crippen LogP contribution in [0.2, 0.25) is 5.02 Å². The fourth-order valence-electron chi connectivity index (χ4n) is 1.48. The summed E-state index contributed by atoms with van der Waals surface area (Å²) < 4.78 is 26.9. The third-order valence-electron chi connectivity index (χ3n) is 2.32. The van der Waals surface area contributed by atoms with Crippen molar-refractivity contribution >= 4 is 23.2 Å². The molecule has 0 unspecified atom stereocenters. The van der Waals surface area contributed by atoms with Crippen LogP contribution in [0.5, 0.6) is 0 Å². The Labute approximate surface area is 106 Å². The van der Waals surface area contributed by atoms with Crippen LogP contribution in [0.25, 0.3) is 0 Å². The van der Waals surface area contributed by atoms with Gasteiger partial charge in [-0.1, -0.05) is 17.7 Å². The highest BCUT2D eigenvalue weighted by Crippen LogP contribution is 2.22. The van der Waals surface area contributed by atoms with Crippen molar-refractivity contribution < 1.29 is 13.6 Å². The molecule has 2 N–H and O–H groups in total. The maximum Gasteiger partial charge on any atom is 0.202 e. The summed E-state index contributed by atoms with van der Waals surface area (Å²) in [6, 6.07) is 4.37. The lowest BCUT2D eigenvalue weighted by Gasteiger charge is -2.06. The van der Waals surface area contributed by atoms with E-state index in [0.717, 1.165) is 12.1 Å². The smallest absolute Gasteiger partial charge is 0.202 e. The summed E-state index contributed by atoms with van der Waals surface area (Å²) >= 11 is 5.67. The highest BCUT2D eigenvalue weighted by Gasteiger charge is 2.21. The number of hydrogen-bond donors (Lipinski definition) is 1. The third-order valence-corrected chi connectivity index (χ3v) is 2.53. The van der Waals surface area contributed by atoms with Gasteiger partial charge < -0.3 is 5.73 Å². The number of rotatable bonds is 2. The first kappa shape index (κ1) is 12.4. The molecule has 3 nitrogen and oxygen atoms in total. The molecule has 0 atom stereocenters. The summed E-state index contributed by atoms with van der Waals surface area (Å²) in [5.41, 5.74) is 4.69. The fraction of sp³-hybridized carbons (Fsp3) is 0. The van der Waals surface area contributed by atoms with E-state index in [-0.39, 0.29) is 16.4 Å². The van der Waals surface area contributed by atoms with Crippen LogP contribution in [-0.4, -0.2) is 10.8 Å². The van der Waals surface area contributed by atoms with E-state index in [1.165, 1.54) is 18.3 Å². The second kappa shape index (κ2) is 4.70. The van der Waals surface area contributed by atoms with Gasteiger partial charge in [0.2, 0.25) is 5.78 Å². The molecule has 0 radical (unpaired) electrons. The summed E-state index contributed by atoms with van der Waals surface area (Å²) in [6.07, 6.45) is 1.24. The topological polar surface area (TPSA) is 56.0 Å². The second-order valence-corrected chi connectivity index (χ2v) is 3.95. The van der Waals surface area contributed by atoms with Crippen molar-refractivity contribution in [2.45, 2.75) is 0 Å². The number of nitrogens with two attached hydrogens (primary N) is 1. The number of halogens is 3. The normalized spacial score (nSPS) is 10.4. The molecule has 92 valence electrons. The summed E-state index contributed by atoms with van der Waals surface area (Å²) in [6.45, 7) is 0. The van der Waals surface area contributed by atoms with Crippen molar-refractivity contribution in [2.24, 2.45) is 0 Å². The highest BCUT2D eigenvalue weighted by molar-refractivity contribution is 6.31. The molecule has 2 aromatic rings. The zero-order chi connectivity index (χ0) is 13.3. The van der Waals surface area contributed by atoms with Crippen molar-refractivity contribution in [3.05, 3.63) is 58.2 Å². The fourth-order valence-corrected chi connectivity index (χ4v) is 1.64. The van der Waals surface area contributed by atoms with Crippen LogP contribution in [0.15, 0.2) is 30.5 Å². The number of pyridine rings is 1. The molecule has 0 aliphatic rings. The minimum absolute atomic E-state index is 0.132. The molecule has 0 fully saturated rings. The first-order valence-corrected chi connectivity index (χ1v) is 5.28. The molecule has 0 spiro atoms. The van der Waals surface area contributed by atoms with Gasteiger partial charge >= 0.3 is 0 Å². The zero-order valence-corrected chi connectivity index (χ0v) is 9.71. The van der Waals surface area contributed by atoms with Crippen LogP contribution >= 0.6 is 11.6 Å². The Hall–Kier alpha value is -2.01. The average molecular weight is 269 g/mol. The van der Waals surface area contributed by atoms with E-state index >= 15 is 0 Å². The van der Waals surface area contributed by atoms with Gasteiger partial charge in [0.05, 0.1) is 16.1 Å². The zero-order valence-electron chi connectivity index (χ0n) is 8.95. The van der Waals surface area contributed by atoms with Gasteiger partial charge in [0, 0.05) is 6.20 Å². The van der Waals surface area contributed by atoms with Crippen LogP contribution in [0.3, 0.4) is 0 Å². The Balaban J connectivity index is 2.58. The van der Waals surface area contributed by atoms with Gasteiger partial charge in [-0.25, -0.2) is 13.8 Å². The van der Waals surface area contributed by atoms with Gasteiger partial charge in [-0.2, -0.15) is 0 Å². The van der Waals surface area contributed by atoms with Crippen molar-refractivity contribution in [2.75, 3.05) is 5.73 Å². The van der Waals surface area contributed by atoms with E-state index in [4.69, 9.17) is 17.3 Å². The van der Waals surface area contributed by atoms with Gasteiger partial charge in [-0.3, -0.25) is 4.79 Å². The van der Waals surface area contributed by atoms with E-state index < -0.39 is 23.0 Å². The van der Waals surface area contributed by atoms with Gasteiger partial charge in [-0.15, -0.1) is 0 Å². The van der Waals surface area contributed by atoms with E-state index in [1.807, 2.05) is 0 Å². The predicted octanol–water partition coefficient (Wildman–Crippen LogP) is 2.83. The number of benzene rings is 1. The molecule has 0 saturated heterocycles. The van der Waals surface area contributed by atoms with Crippen LogP contribution in [0.1, 0.15) is 15.9 Å². The minimum Gasteiger partial charge on any atom is -0.383 e. The lowest BCUT2D eigenvalue weighted by Crippen LogP contribution is -2.11. The molecule has 0 aliphatic heterocycles. The summed E-state index contributed by atoms with van der Waals surface area (Å²) in [4.78, 5) is 15.7. The van der Waals surface area contributed by atoms with Crippen molar-refractivity contribution in [1.29, 1.82) is 0 Å². The molecular formula is C12H7ClF2N2O. The van der Waals surface area contributed by atoms with E-state index in [2.05, 4.69) is 4.98 Å².